The molecule has 1 aliphatic rings. The van der Waals surface area contributed by atoms with Gasteiger partial charge in [-0.05, 0) is 43.5 Å². The quantitative estimate of drug-likeness (QED) is 0.790. The Morgan fingerprint density at radius 1 is 1.24 bits per heavy atom. The molecule has 0 spiro atoms. The van der Waals surface area contributed by atoms with E-state index in [9.17, 15) is 4.79 Å². The number of nitrogens with zero attached hydrogens (tertiary/aromatic N) is 5. The van der Waals surface area contributed by atoms with E-state index in [4.69, 9.17) is 0 Å². The number of hydrogen-bond donors (Lipinski definition) is 1. The predicted octanol–water partition coefficient (Wildman–Crippen LogP) is 1.83. The van der Waals surface area contributed by atoms with Crippen molar-refractivity contribution < 1.29 is 4.79 Å². The molecule has 0 unspecified atom stereocenters. The molecule has 0 radical (unpaired) electrons. The van der Waals surface area contributed by atoms with E-state index >= 15 is 0 Å². The number of pyridine rings is 1. The summed E-state index contributed by atoms with van der Waals surface area (Å²) in [4.78, 5) is 14.8. The van der Waals surface area contributed by atoms with Crippen molar-refractivity contribution in [2.24, 2.45) is 0 Å². The third-order valence-corrected chi connectivity index (χ3v) is 4.62. The average molecular weight is 336 g/mol. The lowest BCUT2D eigenvalue weighted by Gasteiger charge is -2.32. The minimum Gasteiger partial charge on any atom is -0.355 e. The van der Waals surface area contributed by atoms with Crippen LogP contribution in [0.15, 0.2) is 42.9 Å². The lowest BCUT2D eigenvalue weighted by Crippen LogP contribution is -2.45. The first-order chi connectivity index (χ1) is 12.2. The number of aryl methyl sites for hydroxylation is 1. The number of amides is 1. The molecule has 7 nitrogen and oxygen atoms in total. The number of nitrogens with one attached hydrogen (secondary N) is 1. The molecule has 25 heavy (non-hydrogen) atoms. The number of anilines is 1. The molecule has 0 aliphatic carbocycles. The van der Waals surface area contributed by atoms with Crippen LogP contribution in [-0.2, 0) is 0 Å². The summed E-state index contributed by atoms with van der Waals surface area (Å²) in [7, 11) is 0. The third kappa shape index (κ3) is 3.17. The Hall–Kier alpha value is -2.96. The summed E-state index contributed by atoms with van der Waals surface area (Å²) in [6, 6.07) is 7.96. The molecule has 1 N–H and O–H groups in total. The van der Waals surface area contributed by atoms with Gasteiger partial charge in [0.2, 0.25) is 0 Å². The molecule has 4 rings (SSSR count). The fraction of sp³-hybridized carbons (Fsp3) is 0.333. The smallest absolute Gasteiger partial charge is 0.255 e. The Kier molecular flexibility index (Phi) is 4.05. The van der Waals surface area contributed by atoms with Crippen LogP contribution in [0.5, 0.6) is 0 Å². The molecule has 1 fully saturated rings. The zero-order valence-electron chi connectivity index (χ0n) is 14.1. The van der Waals surface area contributed by atoms with Gasteiger partial charge in [-0.1, -0.05) is 6.07 Å². The van der Waals surface area contributed by atoms with Crippen LogP contribution < -0.4 is 10.2 Å². The van der Waals surface area contributed by atoms with Crippen LogP contribution in [0.4, 0.5) is 5.82 Å². The van der Waals surface area contributed by atoms with Gasteiger partial charge >= 0.3 is 0 Å². The van der Waals surface area contributed by atoms with Crippen molar-refractivity contribution in [2.75, 3.05) is 18.0 Å². The number of aromatic nitrogens is 4. The highest BCUT2D eigenvalue weighted by molar-refractivity contribution is 6.00. The van der Waals surface area contributed by atoms with E-state index < -0.39 is 0 Å². The molecule has 1 saturated heterocycles. The van der Waals surface area contributed by atoms with Crippen molar-refractivity contribution in [1.29, 1.82) is 0 Å². The molecular formula is C18H20N6O. The number of fused-ring (bicyclic) bond motifs is 1. The van der Waals surface area contributed by atoms with E-state index in [1.807, 2.05) is 37.4 Å². The Bertz CT molecular complexity index is 883. The van der Waals surface area contributed by atoms with Crippen LogP contribution in [0, 0.1) is 6.92 Å². The van der Waals surface area contributed by atoms with Gasteiger partial charge in [-0.25, -0.2) is 4.52 Å². The van der Waals surface area contributed by atoms with Crippen LogP contribution >= 0.6 is 0 Å². The molecule has 1 amide bonds. The Labute approximate surface area is 145 Å². The fourth-order valence-corrected chi connectivity index (χ4v) is 3.24. The molecule has 4 heterocycles. The lowest BCUT2D eigenvalue weighted by molar-refractivity contribution is 0.0932. The zero-order valence-corrected chi connectivity index (χ0v) is 14.1. The highest BCUT2D eigenvalue weighted by Gasteiger charge is 2.23. The van der Waals surface area contributed by atoms with Crippen LogP contribution in [0.3, 0.4) is 0 Å². The van der Waals surface area contributed by atoms with Crippen LogP contribution in [0.2, 0.25) is 0 Å². The van der Waals surface area contributed by atoms with Crippen LogP contribution in [0.1, 0.15) is 28.8 Å². The number of piperidine rings is 1. The molecular weight excluding hydrogens is 316 g/mol. The summed E-state index contributed by atoms with van der Waals surface area (Å²) in [6.45, 7) is 3.72. The zero-order chi connectivity index (χ0) is 17.2. The normalized spacial score (nSPS) is 15.5. The summed E-state index contributed by atoms with van der Waals surface area (Å²) in [5, 5.41) is 15.5. The Morgan fingerprint density at radius 2 is 2.08 bits per heavy atom. The maximum atomic E-state index is 12.6. The van der Waals surface area contributed by atoms with Gasteiger partial charge in [-0.3, -0.25) is 4.79 Å². The molecule has 128 valence electrons. The van der Waals surface area contributed by atoms with Gasteiger partial charge in [0.25, 0.3) is 5.91 Å². The van der Waals surface area contributed by atoms with Gasteiger partial charge in [0.15, 0.2) is 5.82 Å². The van der Waals surface area contributed by atoms with Crippen molar-refractivity contribution >= 4 is 17.2 Å². The summed E-state index contributed by atoms with van der Waals surface area (Å²) < 4.78 is 1.75. The number of rotatable bonds is 3. The minimum atomic E-state index is -0.0585. The Morgan fingerprint density at radius 3 is 2.84 bits per heavy atom. The summed E-state index contributed by atoms with van der Waals surface area (Å²) in [6.07, 6.45) is 7.01. The van der Waals surface area contributed by atoms with E-state index in [2.05, 4.69) is 25.5 Å². The third-order valence-electron chi connectivity index (χ3n) is 4.62. The number of hydrogen-bond acceptors (Lipinski definition) is 5. The van der Waals surface area contributed by atoms with Crippen molar-refractivity contribution in [3.05, 3.63) is 54.0 Å². The largest absolute Gasteiger partial charge is 0.355 e. The molecule has 0 bridgehead atoms. The van der Waals surface area contributed by atoms with Crippen LogP contribution in [-0.4, -0.2) is 44.8 Å². The first-order valence-corrected chi connectivity index (χ1v) is 8.48. The maximum absolute atomic E-state index is 12.6. The van der Waals surface area contributed by atoms with E-state index in [1.165, 1.54) is 0 Å². The molecule has 0 atom stereocenters. The molecule has 7 heteroatoms. The van der Waals surface area contributed by atoms with Gasteiger partial charge in [0.05, 0.1) is 17.3 Å². The molecule has 1 aliphatic heterocycles. The molecule has 0 aromatic carbocycles. The molecule has 3 aromatic rings. The van der Waals surface area contributed by atoms with E-state index in [1.54, 1.807) is 16.9 Å². The summed E-state index contributed by atoms with van der Waals surface area (Å²) in [5.41, 5.74) is 2.57. The first kappa shape index (κ1) is 15.6. The van der Waals surface area contributed by atoms with Gasteiger partial charge in [0.1, 0.15) is 0 Å². The molecule has 0 saturated carbocycles. The highest BCUT2D eigenvalue weighted by Crippen LogP contribution is 2.18. The lowest BCUT2D eigenvalue weighted by atomic mass is 10.0. The number of carbonyl (C=O) groups excluding carboxylic acids is 1. The topological polar surface area (TPSA) is 75.4 Å². The van der Waals surface area contributed by atoms with E-state index in [0.29, 0.717) is 5.56 Å². The second-order valence-electron chi connectivity index (χ2n) is 6.41. The van der Waals surface area contributed by atoms with Gasteiger partial charge in [-0.2, -0.15) is 10.2 Å². The first-order valence-electron chi connectivity index (χ1n) is 8.48. The second kappa shape index (κ2) is 6.51. The van der Waals surface area contributed by atoms with E-state index in [-0.39, 0.29) is 11.9 Å². The second-order valence-corrected chi connectivity index (χ2v) is 6.41. The average Bonchev–Trinajstić information content (AvgIpc) is 3.06. The summed E-state index contributed by atoms with van der Waals surface area (Å²) >= 11 is 0. The fourth-order valence-electron chi connectivity index (χ4n) is 3.24. The Balaban J connectivity index is 1.40. The monoisotopic (exact) mass is 336 g/mol. The summed E-state index contributed by atoms with van der Waals surface area (Å²) in [5.74, 6) is 0.835. The van der Waals surface area contributed by atoms with Crippen LogP contribution in [0.25, 0.3) is 5.52 Å². The van der Waals surface area contributed by atoms with Gasteiger partial charge in [0, 0.05) is 31.5 Å². The van der Waals surface area contributed by atoms with E-state index in [0.717, 1.165) is 42.8 Å². The standard InChI is InChI=1S/C18H20N6O/c1-13-4-5-16-15(11-20-24(16)12-13)18(25)21-14-6-9-23(10-7-14)17-3-2-8-19-22-17/h2-5,8,11-12,14H,6-7,9-10H2,1H3,(H,21,25). The van der Waals surface area contributed by atoms with Gasteiger partial charge < -0.3 is 10.2 Å². The minimum absolute atomic E-state index is 0.0585. The highest BCUT2D eigenvalue weighted by atomic mass is 16.1. The van der Waals surface area contributed by atoms with Crippen molar-refractivity contribution in [3.63, 3.8) is 0 Å². The van der Waals surface area contributed by atoms with Gasteiger partial charge in [-0.15, -0.1) is 5.10 Å². The number of carbonyl (C=O) groups is 1. The van der Waals surface area contributed by atoms with Crippen molar-refractivity contribution in [3.8, 4) is 0 Å². The molecule has 3 aromatic heterocycles. The maximum Gasteiger partial charge on any atom is 0.255 e. The van der Waals surface area contributed by atoms with Crippen molar-refractivity contribution in [2.45, 2.75) is 25.8 Å². The SMILES string of the molecule is Cc1ccc2c(C(=O)NC3CCN(c4cccnn4)CC3)cnn2c1. The van der Waals surface area contributed by atoms with Crippen molar-refractivity contribution in [1.82, 2.24) is 25.1 Å². The predicted molar refractivity (Wildman–Crippen MR) is 94.7 cm³/mol.